The molecule has 60 valence electrons. The van der Waals surface area contributed by atoms with Crippen LogP contribution in [0, 0.1) is 0 Å². The minimum Gasteiger partial charge on any atom is -0.387 e. The second-order valence-electron chi connectivity index (χ2n) is 2.98. The molecule has 1 aliphatic heterocycles. The van der Waals surface area contributed by atoms with E-state index in [1.165, 1.54) is 0 Å². The topological polar surface area (TPSA) is 45.2 Å². The van der Waals surface area contributed by atoms with E-state index in [2.05, 4.69) is 10.3 Å². The second kappa shape index (κ2) is 2.55. The summed E-state index contributed by atoms with van der Waals surface area (Å²) in [6.45, 7) is 1.40. The first-order valence-electron chi connectivity index (χ1n) is 3.59. The number of hydrogen-bond donors (Lipinski definition) is 2. The van der Waals surface area contributed by atoms with Crippen LogP contribution in [0.4, 0.5) is 0 Å². The van der Waals surface area contributed by atoms with Gasteiger partial charge in [-0.2, -0.15) is 0 Å². The summed E-state index contributed by atoms with van der Waals surface area (Å²) >= 11 is 1.57. The number of nitrogens with one attached hydrogen (secondary N) is 1. The standard InChI is InChI=1S/C7H10N2OS/c10-7(3-8-4-7)1-6-2-11-5-9-6/h2,5,8,10H,1,3-4H2. The van der Waals surface area contributed by atoms with E-state index in [9.17, 15) is 5.11 Å². The van der Waals surface area contributed by atoms with Gasteiger partial charge in [0.25, 0.3) is 0 Å². The zero-order chi connectivity index (χ0) is 7.73. The molecule has 0 aromatic carbocycles. The molecule has 0 saturated carbocycles. The fraction of sp³-hybridized carbons (Fsp3) is 0.571. The monoisotopic (exact) mass is 170 g/mol. The Labute approximate surface area is 69.1 Å². The van der Waals surface area contributed by atoms with Crippen molar-refractivity contribution in [1.29, 1.82) is 0 Å². The summed E-state index contributed by atoms with van der Waals surface area (Å²) in [6, 6.07) is 0. The Kier molecular flexibility index (Phi) is 1.67. The highest BCUT2D eigenvalue weighted by Crippen LogP contribution is 2.17. The molecule has 3 nitrogen and oxygen atoms in total. The molecular weight excluding hydrogens is 160 g/mol. The van der Waals surface area contributed by atoms with Crippen LogP contribution in [0.3, 0.4) is 0 Å². The van der Waals surface area contributed by atoms with Crippen molar-refractivity contribution in [3.05, 3.63) is 16.6 Å². The second-order valence-corrected chi connectivity index (χ2v) is 3.70. The van der Waals surface area contributed by atoms with Crippen LogP contribution in [0.25, 0.3) is 0 Å². The first kappa shape index (κ1) is 7.21. The van der Waals surface area contributed by atoms with E-state index >= 15 is 0 Å². The number of nitrogens with zero attached hydrogens (tertiary/aromatic N) is 1. The van der Waals surface area contributed by atoms with E-state index in [-0.39, 0.29) is 0 Å². The predicted molar refractivity (Wildman–Crippen MR) is 43.6 cm³/mol. The Morgan fingerprint density at radius 3 is 3.00 bits per heavy atom. The quantitative estimate of drug-likeness (QED) is 0.657. The molecule has 4 heteroatoms. The number of thiazole rings is 1. The summed E-state index contributed by atoms with van der Waals surface area (Å²) in [4.78, 5) is 4.11. The van der Waals surface area contributed by atoms with E-state index in [4.69, 9.17) is 0 Å². The number of hydrogen-bond acceptors (Lipinski definition) is 4. The van der Waals surface area contributed by atoms with Gasteiger partial charge in [0.1, 0.15) is 0 Å². The molecule has 1 aromatic heterocycles. The molecular formula is C7H10N2OS. The normalized spacial score (nSPS) is 21.2. The van der Waals surface area contributed by atoms with Gasteiger partial charge in [0.2, 0.25) is 0 Å². The van der Waals surface area contributed by atoms with Gasteiger partial charge in [-0.3, -0.25) is 0 Å². The average molecular weight is 170 g/mol. The molecule has 2 heterocycles. The zero-order valence-electron chi connectivity index (χ0n) is 6.08. The fourth-order valence-corrected chi connectivity index (χ4v) is 1.76. The Morgan fingerprint density at radius 1 is 1.73 bits per heavy atom. The SMILES string of the molecule is OC1(Cc2cscn2)CNC1. The van der Waals surface area contributed by atoms with Gasteiger partial charge in [-0.25, -0.2) is 4.98 Å². The molecule has 11 heavy (non-hydrogen) atoms. The molecule has 0 unspecified atom stereocenters. The van der Waals surface area contributed by atoms with Crippen molar-refractivity contribution in [3.8, 4) is 0 Å². The van der Waals surface area contributed by atoms with E-state index in [0.717, 1.165) is 5.69 Å². The highest BCUT2D eigenvalue weighted by molar-refractivity contribution is 7.07. The molecule has 2 N–H and O–H groups in total. The number of aliphatic hydroxyl groups is 1. The maximum absolute atomic E-state index is 9.68. The minimum absolute atomic E-state index is 0.520. The van der Waals surface area contributed by atoms with Crippen molar-refractivity contribution in [1.82, 2.24) is 10.3 Å². The van der Waals surface area contributed by atoms with Crippen LogP contribution in [0.15, 0.2) is 10.9 Å². The van der Waals surface area contributed by atoms with Crippen LogP contribution in [0.5, 0.6) is 0 Å². The van der Waals surface area contributed by atoms with Gasteiger partial charge in [-0.05, 0) is 0 Å². The number of aromatic nitrogens is 1. The van der Waals surface area contributed by atoms with Crippen LogP contribution in [0.1, 0.15) is 5.69 Å². The lowest BCUT2D eigenvalue weighted by Gasteiger charge is -2.37. The van der Waals surface area contributed by atoms with Crippen LogP contribution >= 0.6 is 11.3 Å². The molecule has 1 fully saturated rings. The van der Waals surface area contributed by atoms with Crippen molar-refractivity contribution in [2.75, 3.05) is 13.1 Å². The molecule has 1 aliphatic rings. The van der Waals surface area contributed by atoms with Gasteiger partial charge in [-0.15, -0.1) is 11.3 Å². The van der Waals surface area contributed by atoms with Gasteiger partial charge >= 0.3 is 0 Å². The predicted octanol–water partition coefficient (Wildman–Crippen LogP) is 0.0199. The highest BCUT2D eigenvalue weighted by atomic mass is 32.1. The van der Waals surface area contributed by atoms with Crippen LogP contribution < -0.4 is 5.32 Å². The summed E-state index contributed by atoms with van der Waals surface area (Å²) in [5.74, 6) is 0. The maximum Gasteiger partial charge on any atom is 0.0950 e. The molecule has 0 spiro atoms. The van der Waals surface area contributed by atoms with E-state index < -0.39 is 5.60 Å². The van der Waals surface area contributed by atoms with Gasteiger partial charge < -0.3 is 10.4 Å². The van der Waals surface area contributed by atoms with Crippen LogP contribution in [0.2, 0.25) is 0 Å². The lowest BCUT2D eigenvalue weighted by atomic mass is 9.92. The Balaban J connectivity index is 2.00. The molecule has 0 atom stereocenters. The third-order valence-corrected chi connectivity index (χ3v) is 2.54. The Bertz CT molecular complexity index is 231. The van der Waals surface area contributed by atoms with Crippen LogP contribution in [-0.2, 0) is 6.42 Å². The first-order valence-corrected chi connectivity index (χ1v) is 4.53. The summed E-state index contributed by atoms with van der Waals surface area (Å²) in [6.07, 6.45) is 0.684. The molecule has 1 saturated heterocycles. The summed E-state index contributed by atoms with van der Waals surface area (Å²) in [5, 5.41) is 14.7. The van der Waals surface area contributed by atoms with E-state index in [0.29, 0.717) is 19.5 Å². The third-order valence-electron chi connectivity index (χ3n) is 1.90. The van der Waals surface area contributed by atoms with E-state index in [1.807, 2.05) is 5.38 Å². The molecule has 0 bridgehead atoms. The minimum atomic E-state index is -0.520. The molecule has 1 aromatic rings. The van der Waals surface area contributed by atoms with Gasteiger partial charge in [0.15, 0.2) is 0 Å². The van der Waals surface area contributed by atoms with Crippen molar-refractivity contribution in [3.63, 3.8) is 0 Å². The Hall–Kier alpha value is -0.450. The molecule has 0 aliphatic carbocycles. The van der Waals surface area contributed by atoms with E-state index in [1.54, 1.807) is 16.8 Å². The lowest BCUT2D eigenvalue weighted by molar-refractivity contribution is -0.00969. The molecule has 2 rings (SSSR count). The maximum atomic E-state index is 9.68. The fourth-order valence-electron chi connectivity index (χ4n) is 1.20. The lowest BCUT2D eigenvalue weighted by Crippen LogP contribution is -2.60. The van der Waals surface area contributed by atoms with Crippen molar-refractivity contribution >= 4 is 11.3 Å². The molecule has 0 amide bonds. The first-order chi connectivity index (χ1) is 5.29. The number of rotatable bonds is 2. The van der Waals surface area contributed by atoms with Gasteiger partial charge in [0, 0.05) is 24.9 Å². The smallest absolute Gasteiger partial charge is 0.0950 e. The van der Waals surface area contributed by atoms with Crippen molar-refractivity contribution in [2.45, 2.75) is 12.0 Å². The number of β-amino-alcohol motifs (C(OH)–C–C–N with tert-alkyl or cyclic N) is 1. The van der Waals surface area contributed by atoms with Gasteiger partial charge in [0.05, 0.1) is 16.8 Å². The average Bonchev–Trinajstić information content (AvgIpc) is 2.36. The Morgan fingerprint density at radius 2 is 2.55 bits per heavy atom. The third kappa shape index (κ3) is 1.42. The highest BCUT2D eigenvalue weighted by Gasteiger charge is 2.34. The van der Waals surface area contributed by atoms with Gasteiger partial charge in [-0.1, -0.05) is 0 Å². The largest absolute Gasteiger partial charge is 0.387 e. The van der Waals surface area contributed by atoms with Crippen molar-refractivity contribution < 1.29 is 5.11 Å². The summed E-state index contributed by atoms with van der Waals surface area (Å²) in [7, 11) is 0. The van der Waals surface area contributed by atoms with Crippen molar-refractivity contribution in [2.24, 2.45) is 0 Å². The van der Waals surface area contributed by atoms with Crippen LogP contribution in [-0.4, -0.2) is 28.8 Å². The summed E-state index contributed by atoms with van der Waals surface area (Å²) < 4.78 is 0. The summed E-state index contributed by atoms with van der Waals surface area (Å²) in [5.41, 5.74) is 2.28. The zero-order valence-corrected chi connectivity index (χ0v) is 6.90. The molecule has 0 radical (unpaired) electrons.